The van der Waals surface area contributed by atoms with Gasteiger partial charge in [0, 0.05) is 12.6 Å². The molecule has 0 aliphatic heterocycles. The molecule has 2 atom stereocenters. The van der Waals surface area contributed by atoms with E-state index >= 15 is 0 Å². The lowest BCUT2D eigenvalue weighted by Crippen LogP contribution is -2.54. The monoisotopic (exact) mass is 579 g/mol. The molecule has 0 spiro atoms. The number of sulfonamides is 1. The van der Waals surface area contributed by atoms with E-state index in [1.165, 1.54) is 24.1 Å². The zero-order valence-electron chi connectivity index (χ0n) is 24.5. The van der Waals surface area contributed by atoms with Crippen molar-refractivity contribution >= 4 is 27.5 Å². The molecule has 0 bridgehead atoms. The van der Waals surface area contributed by atoms with Crippen molar-refractivity contribution in [3.05, 3.63) is 90.0 Å². The number of nitrogens with one attached hydrogen (secondary N) is 1. The molecular weight excluding hydrogens is 538 g/mol. The zero-order valence-corrected chi connectivity index (χ0v) is 25.4. The minimum Gasteiger partial charge on any atom is -0.497 e. The molecule has 3 aromatic rings. The molecule has 0 aliphatic carbocycles. The van der Waals surface area contributed by atoms with Crippen LogP contribution in [0.15, 0.2) is 83.8 Å². The standard InChI is InChI=1S/C32H41N3O5S/c1-6-25(4)33-32(37)30(7-2)34(22-21-26-11-9-8-10-12-26)31(36)23-35(27-15-13-24(3)14-16-27)41(38,39)29-19-17-28(40-5)18-20-29/h8-20,25,30H,6-7,21-23H2,1-5H3,(H,33,37)/t25-,30-/m1/s1. The van der Waals surface area contributed by atoms with Crippen LogP contribution in [-0.4, -0.2) is 57.4 Å². The van der Waals surface area contributed by atoms with Gasteiger partial charge in [0.1, 0.15) is 18.3 Å². The molecule has 0 aromatic heterocycles. The van der Waals surface area contributed by atoms with Crippen LogP contribution in [-0.2, 0) is 26.0 Å². The second kappa shape index (κ2) is 14.7. The topological polar surface area (TPSA) is 96.0 Å². The number of hydrogen-bond donors (Lipinski definition) is 1. The van der Waals surface area contributed by atoms with E-state index in [9.17, 15) is 18.0 Å². The number of rotatable bonds is 14. The Balaban J connectivity index is 2.00. The summed E-state index contributed by atoms with van der Waals surface area (Å²) in [6.07, 6.45) is 1.66. The first kappa shape index (κ1) is 31.7. The lowest BCUT2D eigenvalue weighted by molar-refractivity contribution is -0.139. The highest BCUT2D eigenvalue weighted by Crippen LogP contribution is 2.26. The first-order valence-electron chi connectivity index (χ1n) is 14.0. The van der Waals surface area contributed by atoms with Crippen LogP contribution in [0.4, 0.5) is 5.69 Å². The van der Waals surface area contributed by atoms with Crippen molar-refractivity contribution in [3.8, 4) is 5.75 Å². The van der Waals surface area contributed by atoms with Crippen molar-refractivity contribution in [1.82, 2.24) is 10.2 Å². The summed E-state index contributed by atoms with van der Waals surface area (Å²) in [5.41, 5.74) is 2.34. The van der Waals surface area contributed by atoms with E-state index in [2.05, 4.69) is 5.32 Å². The van der Waals surface area contributed by atoms with Gasteiger partial charge in [-0.15, -0.1) is 0 Å². The van der Waals surface area contributed by atoms with E-state index in [1.807, 2.05) is 58.0 Å². The fraction of sp³-hybridized carbons (Fsp3) is 0.375. The van der Waals surface area contributed by atoms with Crippen LogP contribution in [0, 0.1) is 6.92 Å². The minimum absolute atomic E-state index is 0.0315. The van der Waals surface area contributed by atoms with Gasteiger partial charge < -0.3 is 15.0 Å². The number of carbonyl (C=O) groups excluding carboxylic acids is 2. The molecule has 0 saturated carbocycles. The number of benzene rings is 3. The van der Waals surface area contributed by atoms with Gasteiger partial charge in [-0.1, -0.05) is 61.9 Å². The fourth-order valence-electron chi connectivity index (χ4n) is 4.45. The Bertz CT molecular complexity index is 1380. The highest BCUT2D eigenvalue weighted by Gasteiger charge is 2.33. The molecule has 2 amide bonds. The molecule has 0 heterocycles. The molecule has 9 heteroatoms. The third-order valence-electron chi connectivity index (χ3n) is 7.12. The Morgan fingerprint density at radius 2 is 1.54 bits per heavy atom. The number of nitrogens with zero attached hydrogens (tertiary/aromatic N) is 2. The zero-order chi connectivity index (χ0) is 30.0. The largest absolute Gasteiger partial charge is 0.497 e. The maximum atomic E-state index is 14.1. The molecule has 0 unspecified atom stereocenters. The summed E-state index contributed by atoms with van der Waals surface area (Å²) >= 11 is 0. The normalized spacial score (nSPS) is 12.7. The number of anilines is 1. The third-order valence-corrected chi connectivity index (χ3v) is 8.91. The van der Waals surface area contributed by atoms with Crippen molar-refractivity contribution in [2.75, 3.05) is 24.5 Å². The molecule has 0 radical (unpaired) electrons. The van der Waals surface area contributed by atoms with Crippen molar-refractivity contribution < 1.29 is 22.7 Å². The van der Waals surface area contributed by atoms with Gasteiger partial charge in [-0.2, -0.15) is 0 Å². The van der Waals surface area contributed by atoms with Crippen molar-refractivity contribution in [3.63, 3.8) is 0 Å². The lowest BCUT2D eigenvalue weighted by atomic mass is 10.1. The molecule has 8 nitrogen and oxygen atoms in total. The summed E-state index contributed by atoms with van der Waals surface area (Å²) < 4.78 is 34.2. The summed E-state index contributed by atoms with van der Waals surface area (Å²) in [7, 11) is -2.63. The molecule has 0 aliphatic rings. The number of aryl methyl sites for hydroxylation is 1. The first-order chi connectivity index (χ1) is 19.6. The molecule has 1 N–H and O–H groups in total. The quantitative estimate of drug-likeness (QED) is 0.291. The van der Waals surface area contributed by atoms with Crippen molar-refractivity contribution in [2.24, 2.45) is 0 Å². The van der Waals surface area contributed by atoms with Gasteiger partial charge >= 0.3 is 0 Å². The number of carbonyl (C=O) groups is 2. The van der Waals surface area contributed by atoms with E-state index in [1.54, 1.807) is 36.4 Å². The van der Waals surface area contributed by atoms with Crippen LogP contribution in [0.3, 0.4) is 0 Å². The number of ether oxygens (including phenoxy) is 1. The van der Waals surface area contributed by atoms with Crippen molar-refractivity contribution in [2.45, 2.75) is 63.9 Å². The van der Waals surface area contributed by atoms with Crippen LogP contribution in [0.5, 0.6) is 5.75 Å². The summed E-state index contributed by atoms with van der Waals surface area (Å²) in [6.45, 7) is 7.47. The second-order valence-electron chi connectivity index (χ2n) is 10.1. The smallest absolute Gasteiger partial charge is 0.264 e. The van der Waals surface area contributed by atoms with Crippen molar-refractivity contribution in [1.29, 1.82) is 0 Å². The Hall–Kier alpha value is -3.85. The molecule has 3 aromatic carbocycles. The van der Waals surface area contributed by atoms with E-state index in [4.69, 9.17) is 4.74 Å². The molecular formula is C32H41N3O5S. The predicted octanol–water partition coefficient (Wildman–Crippen LogP) is 4.96. The van der Waals surface area contributed by atoms with Gasteiger partial charge in [-0.3, -0.25) is 13.9 Å². The maximum absolute atomic E-state index is 14.1. The average Bonchev–Trinajstić information content (AvgIpc) is 2.98. The van der Waals surface area contributed by atoms with Gasteiger partial charge in [0.2, 0.25) is 11.8 Å². The van der Waals surface area contributed by atoms with E-state index in [0.29, 0.717) is 24.3 Å². The lowest BCUT2D eigenvalue weighted by Gasteiger charge is -2.33. The highest BCUT2D eigenvalue weighted by molar-refractivity contribution is 7.92. The van der Waals surface area contributed by atoms with Crippen LogP contribution < -0.4 is 14.4 Å². The number of amides is 2. The average molecular weight is 580 g/mol. The van der Waals surface area contributed by atoms with E-state index in [0.717, 1.165) is 21.9 Å². The summed E-state index contributed by atoms with van der Waals surface area (Å²) in [6, 6.07) is 21.9. The van der Waals surface area contributed by atoms with Gasteiger partial charge in [0.05, 0.1) is 17.7 Å². The molecule has 0 saturated heterocycles. The highest BCUT2D eigenvalue weighted by atomic mass is 32.2. The van der Waals surface area contributed by atoms with Gasteiger partial charge in [0.15, 0.2) is 0 Å². The Morgan fingerprint density at radius 1 is 0.902 bits per heavy atom. The number of hydrogen-bond acceptors (Lipinski definition) is 5. The van der Waals surface area contributed by atoms with E-state index < -0.39 is 28.5 Å². The molecule has 220 valence electrons. The van der Waals surface area contributed by atoms with E-state index in [-0.39, 0.29) is 23.4 Å². The summed E-state index contributed by atoms with van der Waals surface area (Å²) in [5.74, 6) is -0.181. The third kappa shape index (κ3) is 8.33. The Kier molecular flexibility index (Phi) is 11.3. The predicted molar refractivity (Wildman–Crippen MR) is 163 cm³/mol. The van der Waals surface area contributed by atoms with Crippen LogP contribution in [0.25, 0.3) is 0 Å². The maximum Gasteiger partial charge on any atom is 0.264 e. The fourth-order valence-corrected chi connectivity index (χ4v) is 5.87. The Morgan fingerprint density at radius 3 is 2.10 bits per heavy atom. The Labute approximate surface area is 244 Å². The number of methoxy groups -OCH3 is 1. The summed E-state index contributed by atoms with van der Waals surface area (Å²) in [4.78, 5) is 29.0. The SMILES string of the molecule is CC[C@@H](C)NC(=O)[C@@H](CC)N(CCc1ccccc1)C(=O)CN(c1ccc(C)cc1)S(=O)(=O)c1ccc(OC)cc1. The molecule has 41 heavy (non-hydrogen) atoms. The first-order valence-corrected chi connectivity index (χ1v) is 15.4. The van der Waals surface area contributed by atoms with Gasteiger partial charge in [0.25, 0.3) is 10.0 Å². The minimum atomic E-state index is -4.13. The van der Waals surface area contributed by atoms with Gasteiger partial charge in [-0.05, 0) is 75.1 Å². The molecule has 0 fully saturated rings. The van der Waals surface area contributed by atoms with Crippen LogP contribution in [0.1, 0.15) is 44.7 Å². The molecule has 3 rings (SSSR count). The van der Waals surface area contributed by atoms with Crippen LogP contribution >= 0.6 is 0 Å². The van der Waals surface area contributed by atoms with Crippen LogP contribution in [0.2, 0.25) is 0 Å². The summed E-state index contributed by atoms with van der Waals surface area (Å²) in [5, 5.41) is 3.00. The van der Waals surface area contributed by atoms with Gasteiger partial charge in [-0.25, -0.2) is 8.42 Å². The second-order valence-corrected chi connectivity index (χ2v) is 11.9.